The Balaban J connectivity index is 1.64. The molecule has 0 bridgehead atoms. The predicted molar refractivity (Wildman–Crippen MR) is 101 cm³/mol. The van der Waals surface area contributed by atoms with E-state index in [0.29, 0.717) is 18.9 Å². The summed E-state index contributed by atoms with van der Waals surface area (Å²) in [4.78, 5) is 31.5. The zero-order valence-corrected chi connectivity index (χ0v) is 15.8. The number of para-hydroxylation sites is 2. The highest BCUT2D eigenvalue weighted by atomic mass is 16.5. The van der Waals surface area contributed by atoms with Crippen molar-refractivity contribution in [1.29, 1.82) is 0 Å². The van der Waals surface area contributed by atoms with Gasteiger partial charge in [0.1, 0.15) is 5.75 Å². The van der Waals surface area contributed by atoms with E-state index in [2.05, 4.69) is 11.8 Å². The molecule has 1 atom stereocenters. The number of rotatable bonds is 6. The van der Waals surface area contributed by atoms with Gasteiger partial charge in [0.05, 0.1) is 18.2 Å². The molecule has 2 saturated heterocycles. The minimum Gasteiger partial charge on any atom is -0.492 e. The van der Waals surface area contributed by atoms with Crippen LogP contribution in [0.4, 0.5) is 5.69 Å². The van der Waals surface area contributed by atoms with E-state index in [-0.39, 0.29) is 24.2 Å². The number of carbonyl (C=O) groups is 2. The second kappa shape index (κ2) is 8.54. The fraction of sp³-hybridized carbons (Fsp3) is 0.600. The lowest BCUT2D eigenvalue weighted by molar-refractivity contribution is -0.137. The summed E-state index contributed by atoms with van der Waals surface area (Å²) in [5, 5.41) is 0. The Labute approximate surface area is 155 Å². The van der Waals surface area contributed by atoms with E-state index in [0.717, 1.165) is 44.8 Å². The van der Waals surface area contributed by atoms with Gasteiger partial charge in [0, 0.05) is 39.1 Å². The molecule has 1 aromatic rings. The number of benzene rings is 1. The van der Waals surface area contributed by atoms with Crippen LogP contribution in [0.25, 0.3) is 0 Å². The van der Waals surface area contributed by atoms with E-state index < -0.39 is 0 Å². The van der Waals surface area contributed by atoms with Crippen LogP contribution < -0.4 is 9.64 Å². The van der Waals surface area contributed by atoms with E-state index in [1.54, 1.807) is 4.90 Å². The van der Waals surface area contributed by atoms with Gasteiger partial charge in [-0.2, -0.15) is 0 Å². The van der Waals surface area contributed by atoms with Crippen LogP contribution in [0.15, 0.2) is 24.3 Å². The van der Waals surface area contributed by atoms with E-state index in [1.807, 2.05) is 36.1 Å². The van der Waals surface area contributed by atoms with Crippen molar-refractivity contribution in [3.05, 3.63) is 24.3 Å². The quantitative estimate of drug-likeness (QED) is 0.780. The largest absolute Gasteiger partial charge is 0.492 e. The fourth-order valence-corrected chi connectivity index (χ4v) is 3.83. The van der Waals surface area contributed by atoms with Gasteiger partial charge in [-0.25, -0.2) is 0 Å². The molecule has 2 fully saturated rings. The number of hydrogen-bond acceptors (Lipinski definition) is 4. The van der Waals surface area contributed by atoms with Crippen LogP contribution in [0.2, 0.25) is 0 Å². The molecule has 3 rings (SSSR count). The van der Waals surface area contributed by atoms with Gasteiger partial charge < -0.3 is 14.5 Å². The molecule has 142 valence electrons. The Bertz CT molecular complexity index is 641. The molecule has 2 aliphatic rings. The third kappa shape index (κ3) is 4.01. The molecule has 2 amide bonds. The van der Waals surface area contributed by atoms with Gasteiger partial charge in [-0.15, -0.1) is 0 Å². The third-order valence-electron chi connectivity index (χ3n) is 5.15. The highest BCUT2D eigenvalue weighted by molar-refractivity contribution is 6.01. The highest BCUT2D eigenvalue weighted by Gasteiger charge is 2.38. The molecule has 1 unspecified atom stereocenters. The van der Waals surface area contributed by atoms with Gasteiger partial charge in [-0.1, -0.05) is 19.1 Å². The van der Waals surface area contributed by atoms with E-state index in [1.165, 1.54) is 0 Å². The average molecular weight is 359 g/mol. The first-order valence-corrected chi connectivity index (χ1v) is 9.67. The van der Waals surface area contributed by atoms with Gasteiger partial charge >= 0.3 is 0 Å². The van der Waals surface area contributed by atoms with Crippen molar-refractivity contribution in [2.45, 2.75) is 26.7 Å². The molecule has 0 saturated carbocycles. The fourth-order valence-electron chi connectivity index (χ4n) is 3.83. The molecule has 6 nitrogen and oxygen atoms in total. The summed E-state index contributed by atoms with van der Waals surface area (Å²) in [5.74, 6) is 0.561. The van der Waals surface area contributed by atoms with Gasteiger partial charge in [-0.05, 0) is 32.0 Å². The molecule has 26 heavy (non-hydrogen) atoms. The molecule has 0 N–H and O–H groups in total. The van der Waals surface area contributed by atoms with Crippen LogP contribution in [0.3, 0.4) is 0 Å². The number of carbonyl (C=O) groups excluding carboxylic acids is 2. The first kappa shape index (κ1) is 18.7. The van der Waals surface area contributed by atoms with E-state index in [4.69, 9.17) is 4.74 Å². The summed E-state index contributed by atoms with van der Waals surface area (Å²) in [6, 6.07) is 7.55. The number of amides is 2. The number of anilines is 1. The Hall–Kier alpha value is -2.08. The summed E-state index contributed by atoms with van der Waals surface area (Å²) in [7, 11) is 0. The number of hydrogen-bond donors (Lipinski definition) is 0. The summed E-state index contributed by atoms with van der Waals surface area (Å²) < 4.78 is 5.65. The molecule has 0 radical (unpaired) electrons. The van der Waals surface area contributed by atoms with Gasteiger partial charge in [0.2, 0.25) is 11.8 Å². The third-order valence-corrected chi connectivity index (χ3v) is 5.15. The van der Waals surface area contributed by atoms with Crippen molar-refractivity contribution in [1.82, 2.24) is 9.80 Å². The summed E-state index contributed by atoms with van der Waals surface area (Å²) in [6.07, 6.45) is 1.42. The lowest BCUT2D eigenvalue weighted by Gasteiger charge is -2.35. The van der Waals surface area contributed by atoms with Crippen molar-refractivity contribution < 1.29 is 14.3 Å². The maximum atomic E-state index is 12.9. The standard InChI is InChI=1S/C20H29N3O3/c1-3-9-21-10-12-22(13-11-21)20(25)16-14-19(24)23(15-16)17-7-5-6-8-18(17)26-4-2/h5-8,16H,3-4,9-15H2,1-2H3. The van der Waals surface area contributed by atoms with Crippen LogP contribution in [-0.2, 0) is 9.59 Å². The van der Waals surface area contributed by atoms with Gasteiger partial charge in [0.15, 0.2) is 0 Å². The second-order valence-corrected chi connectivity index (χ2v) is 6.97. The molecule has 2 heterocycles. The molecule has 1 aromatic carbocycles. The zero-order valence-electron chi connectivity index (χ0n) is 15.8. The lowest BCUT2D eigenvalue weighted by Crippen LogP contribution is -2.50. The van der Waals surface area contributed by atoms with Crippen molar-refractivity contribution in [2.75, 3.05) is 50.8 Å². The smallest absolute Gasteiger partial charge is 0.228 e. The summed E-state index contributed by atoms with van der Waals surface area (Å²) in [6.45, 7) is 9.56. The highest BCUT2D eigenvalue weighted by Crippen LogP contribution is 2.33. The number of nitrogens with zero attached hydrogens (tertiary/aromatic N) is 3. The SMILES string of the molecule is CCCN1CCN(C(=O)C2CC(=O)N(c3ccccc3OCC)C2)CC1. The van der Waals surface area contributed by atoms with Crippen molar-refractivity contribution in [3.8, 4) is 5.75 Å². The van der Waals surface area contributed by atoms with Crippen LogP contribution in [0.5, 0.6) is 5.75 Å². The molecule has 6 heteroatoms. The number of piperazine rings is 1. The predicted octanol–water partition coefficient (Wildman–Crippen LogP) is 1.99. The van der Waals surface area contributed by atoms with Gasteiger partial charge in [-0.3, -0.25) is 14.5 Å². The normalized spacial score (nSPS) is 21.3. The Morgan fingerprint density at radius 3 is 2.58 bits per heavy atom. The maximum absolute atomic E-state index is 12.9. The summed E-state index contributed by atoms with van der Waals surface area (Å²) in [5.41, 5.74) is 0.766. The zero-order chi connectivity index (χ0) is 18.5. The minimum atomic E-state index is -0.255. The molecular weight excluding hydrogens is 330 g/mol. The van der Waals surface area contributed by atoms with E-state index >= 15 is 0 Å². The maximum Gasteiger partial charge on any atom is 0.228 e. The lowest BCUT2D eigenvalue weighted by atomic mass is 10.1. The average Bonchev–Trinajstić information content (AvgIpc) is 3.04. The van der Waals surface area contributed by atoms with Crippen molar-refractivity contribution in [3.63, 3.8) is 0 Å². The van der Waals surface area contributed by atoms with Crippen LogP contribution in [-0.4, -0.2) is 67.5 Å². The molecule has 0 aliphatic carbocycles. The topological polar surface area (TPSA) is 53.1 Å². The Morgan fingerprint density at radius 1 is 1.15 bits per heavy atom. The van der Waals surface area contributed by atoms with Crippen molar-refractivity contribution >= 4 is 17.5 Å². The first-order valence-electron chi connectivity index (χ1n) is 9.67. The van der Waals surface area contributed by atoms with Gasteiger partial charge in [0.25, 0.3) is 0 Å². The monoisotopic (exact) mass is 359 g/mol. The number of ether oxygens (including phenoxy) is 1. The Kier molecular flexibility index (Phi) is 6.14. The van der Waals surface area contributed by atoms with Crippen LogP contribution >= 0.6 is 0 Å². The molecular formula is C20H29N3O3. The molecule has 0 spiro atoms. The summed E-state index contributed by atoms with van der Waals surface area (Å²) >= 11 is 0. The Morgan fingerprint density at radius 2 is 1.88 bits per heavy atom. The molecule has 0 aromatic heterocycles. The first-order chi connectivity index (χ1) is 12.6. The molecule has 2 aliphatic heterocycles. The van der Waals surface area contributed by atoms with Crippen LogP contribution in [0, 0.1) is 5.92 Å². The second-order valence-electron chi connectivity index (χ2n) is 6.97. The van der Waals surface area contributed by atoms with E-state index in [9.17, 15) is 9.59 Å². The van der Waals surface area contributed by atoms with Crippen molar-refractivity contribution in [2.24, 2.45) is 5.92 Å². The minimum absolute atomic E-state index is 0.000113. The van der Waals surface area contributed by atoms with Crippen LogP contribution in [0.1, 0.15) is 26.7 Å².